The molecule has 22 heavy (non-hydrogen) atoms. The van der Waals surface area contributed by atoms with E-state index in [1.54, 1.807) is 28.9 Å². The molecule has 2 aromatic rings. The number of benzene rings is 1. The van der Waals surface area contributed by atoms with Gasteiger partial charge < -0.3 is 5.32 Å². The highest BCUT2D eigenvalue weighted by Crippen LogP contribution is 2.22. The van der Waals surface area contributed by atoms with Gasteiger partial charge in [-0.2, -0.15) is 10.4 Å². The molecular weight excluding hydrogens is 276 g/mol. The van der Waals surface area contributed by atoms with Crippen LogP contribution in [0.3, 0.4) is 0 Å². The van der Waals surface area contributed by atoms with Crippen LogP contribution in [0.15, 0.2) is 30.3 Å². The summed E-state index contributed by atoms with van der Waals surface area (Å²) in [6.07, 6.45) is 0. The monoisotopic (exact) mass is 296 g/mol. The molecule has 5 heteroatoms. The summed E-state index contributed by atoms with van der Waals surface area (Å²) in [6, 6.07) is 10.7. The summed E-state index contributed by atoms with van der Waals surface area (Å²) in [5.41, 5.74) is 2.40. The van der Waals surface area contributed by atoms with Crippen LogP contribution in [0.1, 0.15) is 49.4 Å². The van der Waals surface area contributed by atoms with Crippen molar-refractivity contribution in [3.8, 4) is 6.07 Å². The highest BCUT2D eigenvalue weighted by molar-refractivity contribution is 6.03. The minimum Gasteiger partial charge on any atom is -0.321 e. The average molecular weight is 296 g/mol. The molecule has 0 aliphatic heterocycles. The van der Waals surface area contributed by atoms with Crippen LogP contribution in [-0.2, 0) is 12.0 Å². The lowest BCUT2D eigenvalue weighted by Gasteiger charge is -2.13. The molecule has 0 aliphatic rings. The van der Waals surface area contributed by atoms with E-state index < -0.39 is 0 Å². The van der Waals surface area contributed by atoms with Gasteiger partial charge >= 0.3 is 0 Å². The van der Waals surface area contributed by atoms with Crippen LogP contribution in [0.25, 0.3) is 0 Å². The van der Waals surface area contributed by atoms with Crippen LogP contribution in [-0.4, -0.2) is 15.7 Å². The molecule has 1 aromatic carbocycles. The number of anilines is 1. The van der Waals surface area contributed by atoms with Crippen molar-refractivity contribution in [2.24, 2.45) is 0 Å². The van der Waals surface area contributed by atoms with E-state index in [1.165, 1.54) is 0 Å². The number of aromatic nitrogens is 2. The molecule has 0 atom stereocenters. The lowest BCUT2D eigenvalue weighted by molar-refractivity contribution is 0.101. The Hall–Kier alpha value is -2.61. The lowest BCUT2D eigenvalue weighted by Crippen LogP contribution is -2.17. The molecule has 0 bridgehead atoms. The van der Waals surface area contributed by atoms with Crippen LogP contribution in [0.5, 0.6) is 0 Å². The Morgan fingerprint density at radius 1 is 1.36 bits per heavy atom. The van der Waals surface area contributed by atoms with Crippen molar-refractivity contribution in [3.63, 3.8) is 0 Å². The van der Waals surface area contributed by atoms with Crippen molar-refractivity contribution < 1.29 is 4.79 Å². The summed E-state index contributed by atoms with van der Waals surface area (Å²) in [6.45, 7) is 8.76. The second kappa shape index (κ2) is 6.02. The van der Waals surface area contributed by atoms with Crippen molar-refractivity contribution in [2.75, 3.05) is 5.32 Å². The van der Waals surface area contributed by atoms with E-state index in [2.05, 4.69) is 37.3 Å². The molecular formula is C17H20N4O. The number of nitrogens with zero attached hydrogens (tertiary/aromatic N) is 3. The summed E-state index contributed by atoms with van der Waals surface area (Å²) in [5, 5.41) is 16.2. The van der Waals surface area contributed by atoms with Crippen molar-refractivity contribution >= 4 is 11.6 Å². The van der Waals surface area contributed by atoms with Gasteiger partial charge in [0.25, 0.3) is 5.91 Å². The summed E-state index contributed by atoms with van der Waals surface area (Å²) in [4.78, 5) is 12.5. The first kappa shape index (κ1) is 15.8. The number of hydrogen-bond acceptors (Lipinski definition) is 3. The third-order valence-corrected chi connectivity index (χ3v) is 3.33. The number of hydrogen-bond donors (Lipinski definition) is 1. The lowest BCUT2D eigenvalue weighted by atomic mass is 9.92. The molecule has 0 spiro atoms. The largest absolute Gasteiger partial charge is 0.321 e. The highest BCUT2D eigenvalue weighted by atomic mass is 16.2. The molecule has 0 fully saturated rings. The third kappa shape index (κ3) is 3.34. The zero-order valence-electron chi connectivity index (χ0n) is 13.3. The van der Waals surface area contributed by atoms with Gasteiger partial charge in [0.05, 0.1) is 17.3 Å². The van der Waals surface area contributed by atoms with E-state index in [4.69, 9.17) is 5.26 Å². The molecule has 1 heterocycles. The summed E-state index contributed by atoms with van der Waals surface area (Å²) >= 11 is 0. The number of rotatable bonds is 3. The average Bonchev–Trinajstić information content (AvgIpc) is 2.92. The Bertz CT molecular complexity index is 732. The minimum atomic E-state index is -0.222. The first-order valence-corrected chi connectivity index (χ1v) is 7.25. The van der Waals surface area contributed by atoms with Crippen LogP contribution in [0, 0.1) is 11.3 Å². The van der Waals surface area contributed by atoms with Crippen molar-refractivity contribution in [2.45, 2.75) is 39.7 Å². The second-order valence-electron chi connectivity index (χ2n) is 6.13. The zero-order valence-corrected chi connectivity index (χ0v) is 13.3. The maximum absolute atomic E-state index is 12.5. The molecule has 1 N–H and O–H groups in total. The number of amides is 1. The Morgan fingerprint density at radius 2 is 2.09 bits per heavy atom. The summed E-state index contributed by atoms with van der Waals surface area (Å²) in [7, 11) is 0. The van der Waals surface area contributed by atoms with Gasteiger partial charge in [-0.25, -0.2) is 0 Å². The van der Waals surface area contributed by atoms with E-state index in [1.807, 2.05) is 13.0 Å². The first-order chi connectivity index (χ1) is 10.3. The third-order valence-electron chi connectivity index (χ3n) is 3.33. The maximum atomic E-state index is 12.5. The minimum absolute atomic E-state index is 0.115. The molecule has 2 rings (SSSR count). The summed E-state index contributed by atoms with van der Waals surface area (Å²) < 4.78 is 1.70. The number of carbonyl (C=O) groups excluding carboxylic acids is 1. The molecule has 5 nitrogen and oxygen atoms in total. The Kier molecular flexibility index (Phi) is 4.32. The van der Waals surface area contributed by atoms with E-state index in [0.29, 0.717) is 23.5 Å². The quantitative estimate of drug-likeness (QED) is 0.944. The van der Waals surface area contributed by atoms with E-state index in [0.717, 1.165) is 5.69 Å². The smallest absolute Gasteiger partial charge is 0.273 e. The number of nitrogens with one attached hydrogen (secondary N) is 1. The van der Waals surface area contributed by atoms with Crippen LogP contribution in [0.2, 0.25) is 0 Å². The maximum Gasteiger partial charge on any atom is 0.273 e. The van der Waals surface area contributed by atoms with Gasteiger partial charge in [-0.1, -0.05) is 26.8 Å². The summed E-state index contributed by atoms with van der Waals surface area (Å²) in [5.74, 6) is -0.222. The molecule has 0 unspecified atom stereocenters. The van der Waals surface area contributed by atoms with Crippen LogP contribution >= 0.6 is 0 Å². The van der Waals surface area contributed by atoms with Gasteiger partial charge in [-0.15, -0.1) is 0 Å². The number of carbonyl (C=O) groups is 1. The fourth-order valence-corrected chi connectivity index (χ4v) is 2.07. The number of aryl methyl sites for hydroxylation is 1. The predicted octanol–water partition coefficient (Wildman–Crippen LogP) is 3.32. The fourth-order valence-electron chi connectivity index (χ4n) is 2.07. The standard InChI is InChI=1S/C17H20N4O/c1-5-21-14(10-15(20-21)17(2,3)4)16(22)19-13-8-6-7-12(9-13)11-18/h6-10H,5H2,1-4H3,(H,19,22). The van der Waals surface area contributed by atoms with Crippen molar-refractivity contribution in [1.29, 1.82) is 5.26 Å². The fraction of sp³-hybridized carbons (Fsp3) is 0.353. The van der Waals surface area contributed by atoms with Gasteiger partial charge in [-0.3, -0.25) is 9.48 Å². The molecule has 0 saturated carbocycles. The Morgan fingerprint density at radius 3 is 2.68 bits per heavy atom. The Labute approximate surface area is 130 Å². The topological polar surface area (TPSA) is 70.7 Å². The molecule has 1 aromatic heterocycles. The van der Waals surface area contributed by atoms with Crippen molar-refractivity contribution in [1.82, 2.24) is 9.78 Å². The van der Waals surface area contributed by atoms with Gasteiger partial charge in [0.15, 0.2) is 0 Å². The predicted molar refractivity (Wildman–Crippen MR) is 85.7 cm³/mol. The molecule has 0 aliphatic carbocycles. The van der Waals surface area contributed by atoms with Gasteiger partial charge in [0.1, 0.15) is 5.69 Å². The highest BCUT2D eigenvalue weighted by Gasteiger charge is 2.22. The van der Waals surface area contributed by atoms with E-state index in [9.17, 15) is 4.79 Å². The zero-order chi connectivity index (χ0) is 16.3. The SMILES string of the molecule is CCn1nc(C(C)(C)C)cc1C(=O)Nc1cccc(C#N)c1. The first-order valence-electron chi connectivity index (χ1n) is 7.25. The van der Waals surface area contributed by atoms with E-state index >= 15 is 0 Å². The second-order valence-corrected chi connectivity index (χ2v) is 6.13. The van der Waals surface area contributed by atoms with Gasteiger partial charge in [-0.05, 0) is 31.2 Å². The molecule has 0 saturated heterocycles. The molecule has 114 valence electrons. The van der Waals surface area contributed by atoms with Gasteiger partial charge in [0, 0.05) is 17.6 Å². The van der Waals surface area contributed by atoms with Crippen LogP contribution in [0.4, 0.5) is 5.69 Å². The Balaban J connectivity index is 2.29. The van der Waals surface area contributed by atoms with E-state index in [-0.39, 0.29) is 11.3 Å². The molecule has 1 amide bonds. The normalized spacial score (nSPS) is 11.0. The molecule has 0 radical (unpaired) electrons. The van der Waals surface area contributed by atoms with Crippen LogP contribution < -0.4 is 5.32 Å². The van der Waals surface area contributed by atoms with Crippen molar-refractivity contribution in [3.05, 3.63) is 47.3 Å². The van der Waals surface area contributed by atoms with Gasteiger partial charge in [0.2, 0.25) is 0 Å². The number of nitriles is 1.